The zero-order valence-electron chi connectivity index (χ0n) is 13.3. The van der Waals surface area contributed by atoms with E-state index < -0.39 is 5.60 Å². The third-order valence-corrected chi connectivity index (χ3v) is 3.43. The van der Waals surface area contributed by atoms with Crippen LogP contribution in [0.2, 0.25) is 0 Å². The Hall–Kier alpha value is -1.63. The SMILES string of the molecule is CCn1cnnc1CNC1CCN(C(=O)OC(C)(C)C)C1. The third-order valence-electron chi connectivity index (χ3n) is 3.43. The van der Waals surface area contributed by atoms with Crippen LogP contribution in [0.1, 0.15) is 39.9 Å². The average Bonchev–Trinajstić information content (AvgIpc) is 3.03. The highest BCUT2D eigenvalue weighted by atomic mass is 16.6. The fourth-order valence-electron chi connectivity index (χ4n) is 2.33. The minimum atomic E-state index is -0.444. The van der Waals surface area contributed by atoms with Gasteiger partial charge in [0.15, 0.2) is 0 Å². The van der Waals surface area contributed by atoms with E-state index in [0.29, 0.717) is 13.1 Å². The number of hydrogen-bond donors (Lipinski definition) is 1. The average molecular weight is 295 g/mol. The summed E-state index contributed by atoms with van der Waals surface area (Å²) in [7, 11) is 0. The van der Waals surface area contributed by atoms with Crippen LogP contribution in [-0.2, 0) is 17.8 Å². The van der Waals surface area contributed by atoms with Crippen molar-refractivity contribution in [1.29, 1.82) is 0 Å². The quantitative estimate of drug-likeness (QED) is 0.909. The number of nitrogens with zero attached hydrogens (tertiary/aromatic N) is 4. The first-order chi connectivity index (χ1) is 9.89. The van der Waals surface area contributed by atoms with E-state index >= 15 is 0 Å². The predicted molar refractivity (Wildman–Crippen MR) is 78.7 cm³/mol. The maximum Gasteiger partial charge on any atom is 0.410 e. The number of ether oxygens (including phenoxy) is 1. The van der Waals surface area contributed by atoms with Crippen molar-refractivity contribution in [2.24, 2.45) is 0 Å². The summed E-state index contributed by atoms with van der Waals surface area (Å²) in [4.78, 5) is 13.7. The summed E-state index contributed by atoms with van der Waals surface area (Å²) in [6.07, 6.45) is 2.43. The van der Waals surface area contributed by atoms with E-state index in [4.69, 9.17) is 4.74 Å². The van der Waals surface area contributed by atoms with E-state index in [1.54, 1.807) is 11.2 Å². The summed E-state index contributed by atoms with van der Waals surface area (Å²) in [5.41, 5.74) is -0.444. The molecule has 1 aromatic rings. The molecular weight excluding hydrogens is 270 g/mol. The van der Waals surface area contributed by atoms with E-state index in [1.165, 1.54) is 0 Å². The van der Waals surface area contributed by atoms with Gasteiger partial charge in [-0.3, -0.25) is 0 Å². The van der Waals surface area contributed by atoms with Gasteiger partial charge < -0.3 is 19.5 Å². The van der Waals surface area contributed by atoms with Crippen molar-refractivity contribution in [3.63, 3.8) is 0 Å². The van der Waals surface area contributed by atoms with Gasteiger partial charge in [0, 0.05) is 25.7 Å². The second-order valence-electron chi connectivity index (χ2n) is 6.33. The maximum atomic E-state index is 12.0. The second-order valence-corrected chi connectivity index (χ2v) is 6.33. The van der Waals surface area contributed by atoms with Gasteiger partial charge in [-0.15, -0.1) is 10.2 Å². The van der Waals surface area contributed by atoms with Gasteiger partial charge in [0.25, 0.3) is 0 Å². The molecule has 1 aliphatic heterocycles. The molecule has 21 heavy (non-hydrogen) atoms. The van der Waals surface area contributed by atoms with E-state index in [-0.39, 0.29) is 12.1 Å². The van der Waals surface area contributed by atoms with Gasteiger partial charge in [-0.05, 0) is 34.1 Å². The van der Waals surface area contributed by atoms with Gasteiger partial charge in [0.2, 0.25) is 0 Å². The molecule has 0 saturated carbocycles. The van der Waals surface area contributed by atoms with Crippen LogP contribution in [-0.4, -0.2) is 50.5 Å². The molecule has 1 aliphatic rings. The fourth-order valence-corrected chi connectivity index (χ4v) is 2.33. The lowest BCUT2D eigenvalue weighted by Crippen LogP contribution is -2.38. The molecule has 7 heteroatoms. The number of aromatic nitrogens is 3. The smallest absolute Gasteiger partial charge is 0.410 e. The Bertz CT molecular complexity index is 480. The summed E-state index contributed by atoms with van der Waals surface area (Å²) in [5.74, 6) is 0.924. The highest BCUT2D eigenvalue weighted by Crippen LogP contribution is 2.15. The molecule has 2 rings (SSSR count). The zero-order valence-corrected chi connectivity index (χ0v) is 13.3. The summed E-state index contributed by atoms with van der Waals surface area (Å²) >= 11 is 0. The van der Waals surface area contributed by atoms with Crippen LogP contribution >= 0.6 is 0 Å². The number of likely N-dealkylation sites (tertiary alicyclic amines) is 1. The van der Waals surface area contributed by atoms with Crippen molar-refractivity contribution >= 4 is 6.09 Å². The van der Waals surface area contributed by atoms with Crippen LogP contribution < -0.4 is 5.32 Å². The fraction of sp³-hybridized carbons (Fsp3) is 0.786. The molecule has 0 aromatic carbocycles. The predicted octanol–water partition coefficient (Wildman–Crippen LogP) is 1.40. The van der Waals surface area contributed by atoms with Gasteiger partial charge in [0.05, 0.1) is 6.54 Å². The Kier molecular flexibility index (Phi) is 4.82. The van der Waals surface area contributed by atoms with Crippen LogP contribution in [0.25, 0.3) is 0 Å². The van der Waals surface area contributed by atoms with Crippen LogP contribution in [0.15, 0.2) is 6.33 Å². The minimum absolute atomic E-state index is 0.233. The topological polar surface area (TPSA) is 72.3 Å². The lowest BCUT2D eigenvalue weighted by molar-refractivity contribution is 0.0291. The molecular formula is C14H25N5O2. The van der Waals surface area contributed by atoms with Crippen LogP contribution in [0, 0.1) is 0 Å². The highest BCUT2D eigenvalue weighted by Gasteiger charge is 2.29. The second kappa shape index (κ2) is 6.43. The van der Waals surface area contributed by atoms with Crippen LogP contribution in [0.3, 0.4) is 0 Å². The number of amides is 1. The third kappa shape index (κ3) is 4.42. The molecule has 1 atom stereocenters. The maximum absolute atomic E-state index is 12.0. The molecule has 118 valence electrons. The molecule has 7 nitrogen and oxygen atoms in total. The molecule has 1 amide bonds. The summed E-state index contributed by atoms with van der Waals surface area (Å²) in [5, 5.41) is 11.4. The van der Waals surface area contributed by atoms with Crippen molar-refractivity contribution in [3.8, 4) is 0 Å². The van der Waals surface area contributed by atoms with E-state index in [9.17, 15) is 4.79 Å². The molecule has 0 aliphatic carbocycles. The van der Waals surface area contributed by atoms with Crippen molar-refractivity contribution in [2.75, 3.05) is 13.1 Å². The Morgan fingerprint density at radius 3 is 2.95 bits per heavy atom. The normalized spacial score (nSPS) is 19.0. The van der Waals surface area contributed by atoms with E-state index in [2.05, 4.69) is 22.4 Å². The zero-order chi connectivity index (χ0) is 15.5. The molecule has 2 heterocycles. The lowest BCUT2D eigenvalue weighted by Gasteiger charge is -2.24. The summed E-state index contributed by atoms with van der Waals surface area (Å²) in [6.45, 7) is 10.6. The Balaban J connectivity index is 1.79. The van der Waals surface area contributed by atoms with Gasteiger partial charge in [-0.1, -0.05) is 0 Å². The largest absolute Gasteiger partial charge is 0.444 e. The number of carbonyl (C=O) groups is 1. The summed E-state index contributed by atoms with van der Waals surface area (Å²) in [6, 6.07) is 0.277. The standard InChI is InChI=1S/C14H25N5O2/c1-5-18-10-16-17-12(18)8-15-11-6-7-19(9-11)13(20)21-14(2,3)4/h10-11,15H,5-9H2,1-4H3. The van der Waals surface area contributed by atoms with Crippen LogP contribution in [0.5, 0.6) is 0 Å². The van der Waals surface area contributed by atoms with E-state index in [0.717, 1.165) is 25.3 Å². The minimum Gasteiger partial charge on any atom is -0.444 e. The first-order valence-electron chi connectivity index (χ1n) is 7.47. The van der Waals surface area contributed by atoms with Gasteiger partial charge in [-0.2, -0.15) is 0 Å². The van der Waals surface area contributed by atoms with Gasteiger partial charge in [-0.25, -0.2) is 4.79 Å². The number of hydrogen-bond acceptors (Lipinski definition) is 5. The number of nitrogens with one attached hydrogen (secondary N) is 1. The van der Waals surface area contributed by atoms with Crippen LogP contribution in [0.4, 0.5) is 4.79 Å². The molecule has 1 unspecified atom stereocenters. The Morgan fingerprint density at radius 1 is 1.52 bits per heavy atom. The van der Waals surface area contributed by atoms with Gasteiger partial charge in [0.1, 0.15) is 17.8 Å². The number of rotatable bonds is 4. The molecule has 0 radical (unpaired) electrons. The molecule has 1 N–H and O–H groups in total. The molecule has 0 bridgehead atoms. The van der Waals surface area contributed by atoms with Gasteiger partial charge >= 0.3 is 6.09 Å². The van der Waals surface area contributed by atoms with Crippen molar-refractivity contribution in [3.05, 3.63) is 12.2 Å². The Labute approximate surface area is 125 Å². The Morgan fingerprint density at radius 2 is 2.29 bits per heavy atom. The van der Waals surface area contributed by atoms with Crippen molar-refractivity contribution in [2.45, 2.75) is 58.8 Å². The first-order valence-corrected chi connectivity index (χ1v) is 7.47. The summed E-state index contributed by atoms with van der Waals surface area (Å²) < 4.78 is 7.40. The first kappa shape index (κ1) is 15.8. The van der Waals surface area contributed by atoms with E-state index in [1.807, 2.05) is 25.3 Å². The molecule has 0 spiro atoms. The number of carbonyl (C=O) groups excluding carboxylic acids is 1. The molecule has 1 fully saturated rings. The monoisotopic (exact) mass is 295 g/mol. The van der Waals surface area contributed by atoms with Crippen molar-refractivity contribution < 1.29 is 9.53 Å². The number of aryl methyl sites for hydroxylation is 1. The molecule has 1 aromatic heterocycles. The van der Waals surface area contributed by atoms with Crippen molar-refractivity contribution in [1.82, 2.24) is 25.0 Å². The highest BCUT2D eigenvalue weighted by molar-refractivity contribution is 5.68. The molecule has 1 saturated heterocycles. The lowest BCUT2D eigenvalue weighted by atomic mass is 10.2.